The van der Waals surface area contributed by atoms with E-state index in [0.717, 1.165) is 12.8 Å². The van der Waals surface area contributed by atoms with Crippen molar-refractivity contribution in [2.24, 2.45) is 0 Å². The Bertz CT molecular complexity index is 883. The Morgan fingerprint density at radius 3 is 2.08 bits per heavy atom. The van der Waals surface area contributed by atoms with Crippen LogP contribution in [0.2, 0.25) is 0 Å². The number of hydrogen-bond donors (Lipinski definition) is 2. The Labute approximate surface area is 152 Å². The van der Waals surface area contributed by atoms with Crippen molar-refractivity contribution >= 4 is 27.4 Å². The number of carbonyl (C=O) groups is 1. The van der Waals surface area contributed by atoms with E-state index in [-0.39, 0.29) is 16.8 Å². The molecule has 26 heavy (non-hydrogen) atoms. The highest BCUT2D eigenvalue weighted by Crippen LogP contribution is 2.26. The average molecular weight is 377 g/mol. The lowest BCUT2D eigenvalue weighted by molar-refractivity contribution is 0.262. The lowest BCUT2D eigenvalue weighted by Crippen LogP contribution is -2.33. The van der Waals surface area contributed by atoms with Crippen LogP contribution in [0.4, 0.5) is 20.6 Å². The van der Waals surface area contributed by atoms with Gasteiger partial charge in [-0.3, -0.25) is 0 Å². The van der Waals surface area contributed by atoms with Crippen molar-refractivity contribution in [2.45, 2.75) is 30.7 Å². The Morgan fingerprint density at radius 1 is 1.04 bits per heavy atom. The minimum atomic E-state index is -3.52. The third-order valence-electron chi connectivity index (χ3n) is 4.31. The maximum Gasteiger partial charge on any atom is 0.323 e. The number of sulfonamides is 1. The summed E-state index contributed by atoms with van der Waals surface area (Å²) in [5, 5.41) is 5.18. The van der Waals surface area contributed by atoms with Crippen molar-refractivity contribution in [1.82, 2.24) is 4.31 Å². The van der Waals surface area contributed by atoms with Crippen LogP contribution in [-0.2, 0) is 10.0 Å². The first-order valence-corrected chi connectivity index (χ1v) is 9.76. The van der Waals surface area contributed by atoms with Gasteiger partial charge >= 0.3 is 6.03 Å². The van der Waals surface area contributed by atoms with Crippen molar-refractivity contribution in [3.8, 4) is 0 Å². The van der Waals surface area contributed by atoms with Gasteiger partial charge in [0.2, 0.25) is 10.0 Å². The molecular formula is C18H20FN3O3S. The molecule has 0 aromatic heterocycles. The molecule has 8 heteroatoms. The third-order valence-corrected chi connectivity index (χ3v) is 6.34. The van der Waals surface area contributed by atoms with E-state index in [1.54, 1.807) is 0 Å². The molecule has 1 atom stereocenters. The zero-order valence-electron chi connectivity index (χ0n) is 14.3. The molecule has 2 N–H and O–H groups in total. The number of hydrogen-bond acceptors (Lipinski definition) is 3. The molecule has 3 rings (SSSR count). The number of nitrogens with zero attached hydrogens (tertiary/aromatic N) is 1. The standard InChI is InChI=1S/C18H20FN3O3S/c1-13-3-2-12-22(13)26(24,25)17-10-8-16(9-11-17)21-18(23)20-15-6-4-14(19)5-7-15/h4-11,13H,2-3,12H2,1H3,(H2,20,21,23)/t13-/m1/s1. The number of carbonyl (C=O) groups excluding carboxylic acids is 1. The number of anilines is 2. The first kappa shape index (κ1) is 18.3. The summed E-state index contributed by atoms with van der Waals surface area (Å²) in [4.78, 5) is 12.2. The molecule has 138 valence electrons. The first-order chi connectivity index (χ1) is 12.4. The van der Waals surface area contributed by atoms with E-state index in [1.165, 1.54) is 52.8 Å². The predicted molar refractivity (Wildman–Crippen MR) is 98.1 cm³/mol. The van der Waals surface area contributed by atoms with Crippen molar-refractivity contribution in [2.75, 3.05) is 17.2 Å². The molecule has 0 aliphatic carbocycles. The molecule has 1 fully saturated rings. The van der Waals surface area contributed by atoms with Gasteiger partial charge in [0.1, 0.15) is 5.82 Å². The molecule has 0 spiro atoms. The molecule has 0 unspecified atom stereocenters. The first-order valence-electron chi connectivity index (χ1n) is 8.32. The van der Waals surface area contributed by atoms with E-state index in [4.69, 9.17) is 0 Å². The normalized spacial score (nSPS) is 17.8. The fourth-order valence-corrected chi connectivity index (χ4v) is 4.64. The van der Waals surface area contributed by atoms with E-state index < -0.39 is 16.1 Å². The summed E-state index contributed by atoms with van der Waals surface area (Å²) in [6, 6.07) is 10.9. The lowest BCUT2D eigenvalue weighted by Gasteiger charge is -2.21. The van der Waals surface area contributed by atoms with Gasteiger partial charge in [0.25, 0.3) is 0 Å². The van der Waals surface area contributed by atoms with E-state index in [2.05, 4.69) is 10.6 Å². The van der Waals surface area contributed by atoms with Crippen LogP contribution in [0.15, 0.2) is 53.4 Å². The second-order valence-corrected chi connectivity index (χ2v) is 8.11. The smallest absolute Gasteiger partial charge is 0.308 e. The Morgan fingerprint density at radius 2 is 1.58 bits per heavy atom. The third kappa shape index (κ3) is 4.03. The van der Waals surface area contributed by atoms with Gasteiger partial charge in [0.15, 0.2) is 0 Å². The molecule has 2 aromatic carbocycles. The van der Waals surface area contributed by atoms with Crippen molar-refractivity contribution in [3.05, 3.63) is 54.3 Å². The van der Waals surface area contributed by atoms with Gasteiger partial charge in [-0.15, -0.1) is 0 Å². The lowest BCUT2D eigenvalue weighted by atomic mass is 10.3. The molecule has 2 aromatic rings. The number of nitrogens with one attached hydrogen (secondary N) is 2. The van der Waals surface area contributed by atoms with E-state index >= 15 is 0 Å². The highest BCUT2D eigenvalue weighted by Gasteiger charge is 2.32. The number of amides is 2. The summed E-state index contributed by atoms with van der Waals surface area (Å²) >= 11 is 0. The van der Waals surface area contributed by atoms with E-state index in [9.17, 15) is 17.6 Å². The average Bonchev–Trinajstić information content (AvgIpc) is 3.04. The quantitative estimate of drug-likeness (QED) is 0.854. The molecule has 1 saturated heterocycles. The fourth-order valence-electron chi connectivity index (χ4n) is 2.94. The van der Waals surface area contributed by atoms with Crippen LogP contribution in [0.1, 0.15) is 19.8 Å². The number of urea groups is 1. The highest BCUT2D eigenvalue weighted by atomic mass is 32.2. The minimum absolute atomic E-state index is 0.000659. The van der Waals surface area contributed by atoms with Gasteiger partial charge < -0.3 is 10.6 Å². The predicted octanol–water partition coefficient (Wildman–Crippen LogP) is 3.64. The van der Waals surface area contributed by atoms with Crippen LogP contribution >= 0.6 is 0 Å². The number of benzene rings is 2. The summed E-state index contributed by atoms with van der Waals surface area (Å²) in [6.07, 6.45) is 1.73. The van der Waals surface area contributed by atoms with Crippen LogP contribution in [0.25, 0.3) is 0 Å². The van der Waals surface area contributed by atoms with Crippen LogP contribution in [0.5, 0.6) is 0 Å². The maximum absolute atomic E-state index is 12.9. The minimum Gasteiger partial charge on any atom is -0.308 e. The molecule has 1 heterocycles. The van der Waals surface area contributed by atoms with E-state index in [0.29, 0.717) is 17.9 Å². The highest BCUT2D eigenvalue weighted by molar-refractivity contribution is 7.89. The zero-order chi connectivity index (χ0) is 18.7. The molecule has 1 aliphatic heterocycles. The van der Waals surface area contributed by atoms with Crippen molar-refractivity contribution < 1.29 is 17.6 Å². The second kappa shape index (κ2) is 7.43. The summed E-state index contributed by atoms with van der Waals surface area (Å²) in [6.45, 7) is 2.43. The number of halogens is 1. The topological polar surface area (TPSA) is 78.5 Å². The van der Waals surface area contributed by atoms with Crippen molar-refractivity contribution in [1.29, 1.82) is 0 Å². The summed E-state index contributed by atoms with van der Waals surface area (Å²) in [7, 11) is -3.52. The largest absolute Gasteiger partial charge is 0.323 e. The van der Waals surface area contributed by atoms with Gasteiger partial charge in [-0.2, -0.15) is 4.31 Å². The molecule has 0 bridgehead atoms. The zero-order valence-corrected chi connectivity index (χ0v) is 15.1. The molecular weight excluding hydrogens is 357 g/mol. The monoisotopic (exact) mass is 377 g/mol. The Kier molecular flexibility index (Phi) is 5.24. The van der Waals surface area contributed by atoms with Gasteiger partial charge in [-0.05, 0) is 68.3 Å². The number of rotatable bonds is 4. The maximum atomic E-state index is 12.9. The van der Waals surface area contributed by atoms with Crippen LogP contribution in [-0.4, -0.2) is 31.3 Å². The summed E-state index contributed by atoms with van der Waals surface area (Å²) in [5.74, 6) is -0.389. The molecule has 0 radical (unpaired) electrons. The van der Waals surface area contributed by atoms with Crippen LogP contribution in [0.3, 0.4) is 0 Å². The Balaban J connectivity index is 1.65. The SMILES string of the molecule is C[C@@H]1CCCN1S(=O)(=O)c1ccc(NC(=O)Nc2ccc(F)cc2)cc1. The molecule has 6 nitrogen and oxygen atoms in total. The van der Waals surface area contributed by atoms with Gasteiger partial charge in [-0.25, -0.2) is 17.6 Å². The van der Waals surface area contributed by atoms with Crippen LogP contribution < -0.4 is 10.6 Å². The fraction of sp³-hybridized carbons (Fsp3) is 0.278. The van der Waals surface area contributed by atoms with Crippen LogP contribution in [0, 0.1) is 5.82 Å². The molecule has 1 aliphatic rings. The molecule has 0 saturated carbocycles. The second-order valence-electron chi connectivity index (χ2n) is 6.22. The van der Waals surface area contributed by atoms with E-state index in [1.807, 2.05) is 6.92 Å². The molecule has 2 amide bonds. The van der Waals surface area contributed by atoms with Crippen molar-refractivity contribution in [3.63, 3.8) is 0 Å². The summed E-state index contributed by atoms with van der Waals surface area (Å²) in [5.41, 5.74) is 0.907. The van der Waals surface area contributed by atoms with Gasteiger partial charge in [0, 0.05) is 24.0 Å². The van der Waals surface area contributed by atoms with Gasteiger partial charge in [-0.1, -0.05) is 0 Å². The Hall–Kier alpha value is -2.45. The summed E-state index contributed by atoms with van der Waals surface area (Å²) < 4.78 is 39.7. The van der Waals surface area contributed by atoms with Gasteiger partial charge in [0.05, 0.1) is 4.90 Å².